The Morgan fingerprint density at radius 3 is 0.959 bits per heavy atom. The number of ether oxygens (including phenoxy) is 7. The number of hydrogen-bond acceptors (Lipinski definition) is 58. The number of fused-ring (bicyclic) bond motifs is 4. The molecule has 0 saturated carbocycles. The molecule has 0 spiro atoms. The van der Waals surface area contributed by atoms with Crippen LogP contribution in [0.2, 0.25) is 0 Å². The van der Waals surface area contributed by atoms with E-state index in [0.29, 0.717) is 28.7 Å². The van der Waals surface area contributed by atoms with Crippen LogP contribution in [0.1, 0.15) is 119 Å². The van der Waals surface area contributed by atoms with Crippen molar-refractivity contribution in [2.45, 2.75) is 208 Å². The van der Waals surface area contributed by atoms with Gasteiger partial charge in [-0.05, 0) is 39.0 Å². The van der Waals surface area contributed by atoms with E-state index >= 15 is 4.89 Å². The van der Waals surface area contributed by atoms with Gasteiger partial charge in [0.1, 0.15) is 173 Å². The van der Waals surface area contributed by atoms with Gasteiger partial charge in [-0.2, -0.15) is 9.97 Å². The molecule has 11 aromatic heterocycles. The Morgan fingerprint density at radius 1 is 0.377 bits per heavy atom. The third-order valence-corrected chi connectivity index (χ3v) is 35.5. The summed E-state index contributed by atoms with van der Waals surface area (Å²) in [6.45, 7) is -31.5. The topological polar surface area (TPSA) is 802 Å². The Kier molecular flexibility index (Phi) is 32.6. The number of nitrogen functional groups attached to an aromatic ring is 6. The summed E-state index contributed by atoms with van der Waals surface area (Å²) < 4.78 is 151. The highest BCUT2D eigenvalue weighted by molar-refractivity contribution is 8.32. The molecule has 7 aliphatic heterocycles. The first-order chi connectivity index (χ1) is 69.1. The molecule has 7 unspecified atom stereocenters. The summed E-state index contributed by atoms with van der Waals surface area (Å²) in [5.41, 5.74) is 35.5. The van der Waals surface area contributed by atoms with E-state index in [0.717, 1.165) is 27.0 Å². The third-order valence-electron chi connectivity index (χ3n) is 24.3. The van der Waals surface area contributed by atoms with Crippen molar-refractivity contribution >= 4 is 210 Å². The lowest BCUT2D eigenvalue weighted by Crippen LogP contribution is -2.34. The first-order valence-corrected chi connectivity index (χ1v) is 61.8. The molecule has 0 radical (unpaired) electrons. The van der Waals surface area contributed by atoms with Crippen LogP contribution in [0.5, 0.6) is 0 Å². The zero-order valence-electron chi connectivity index (χ0n) is 76.3. The maximum atomic E-state index is 15.1. The molecule has 18 rings (SSSR count). The van der Waals surface area contributed by atoms with Crippen LogP contribution in [0.3, 0.4) is 0 Å². The second kappa shape index (κ2) is 43.8. The summed E-state index contributed by atoms with van der Waals surface area (Å²) in [6.07, 6.45) is -13.9. The van der Waals surface area contributed by atoms with Gasteiger partial charge >= 0.3 is 23.8 Å². The lowest BCUT2D eigenvalue weighted by molar-refractivity contribution is -0.220. The summed E-state index contributed by atoms with van der Waals surface area (Å²) in [4.78, 5) is 198. The first-order valence-electron chi connectivity index (χ1n) is 43.9. The molecule has 7 saturated heterocycles. The van der Waals surface area contributed by atoms with Crippen LogP contribution in [-0.2, 0) is 184 Å². The predicted octanol–water partition coefficient (Wildman–Crippen LogP) is -0.511. The molecule has 7 aliphatic rings. The zero-order valence-corrected chi connectivity index (χ0v) is 88.3. The molecule has 14 N–H and O–H groups in total. The number of anilines is 6. The summed E-state index contributed by atoms with van der Waals surface area (Å²) in [5, 5.41) is 0. The predicted molar refractivity (Wildman–Crippen MR) is 520 cm³/mol. The van der Waals surface area contributed by atoms with Crippen molar-refractivity contribution < 1.29 is 130 Å². The number of aromatic amines is 1. The van der Waals surface area contributed by atoms with Crippen LogP contribution in [-0.4, -0.2) is 244 Å². The van der Waals surface area contributed by atoms with Gasteiger partial charge in [0.2, 0.25) is 0 Å². The van der Waals surface area contributed by atoms with E-state index in [9.17, 15) is 48.2 Å². The second-order valence-corrected chi connectivity index (χ2v) is 53.0. The number of rotatable bonds is 41. The van der Waals surface area contributed by atoms with Crippen molar-refractivity contribution in [3.63, 3.8) is 0 Å². The minimum atomic E-state index is -5.04. The lowest BCUT2D eigenvalue weighted by Gasteiger charge is -2.36. The first kappa shape index (κ1) is 109. The molecular weight excluding hydrogens is 2210 g/mol. The number of H-pyrrole nitrogens is 1. The number of hydrogen-bond donors (Lipinski definition) is 8. The summed E-state index contributed by atoms with van der Waals surface area (Å²) in [7, 11) is 1.07. The van der Waals surface area contributed by atoms with Gasteiger partial charge in [-0.1, -0.05) is 66.0 Å². The van der Waals surface area contributed by atoms with Gasteiger partial charge in [0.05, 0.1) is 114 Å². The fourth-order valence-electron chi connectivity index (χ4n) is 17.2. The van der Waals surface area contributed by atoms with E-state index in [1.165, 1.54) is 90.6 Å². The van der Waals surface area contributed by atoms with Crippen molar-refractivity contribution in [1.29, 1.82) is 0 Å². The van der Waals surface area contributed by atoms with Crippen LogP contribution in [0.15, 0.2) is 88.4 Å². The molecule has 60 nitrogen and oxygen atoms in total. The van der Waals surface area contributed by atoms with Crippen molar-refractivity contribution in [2.75, 3.05) is 81.2 Å². The molecule has 0 aromatic carbocycles. The molecule has 146 heavy (non-hydrogen) atoms. The van der Waals surface area contributed by atoms with E-state index in [2.05, 4.69) is 74.8 Å². The van der Waals surface area contributed by atoms with E-state index < -0.39 is 251 Å². The van der Waals surface area contributed by atoms with Gasteiger partial charge in [0, 0.05) is 87.3 Å². The summed E-state index contributed by atoms with van der Waals surface area (Å²) in [6, 6.07) is 0. The van der Waals surface area contributed by atoms with Crippen molar-refractivity contribution in [1.82, 2.24) is 107 Å². The van der Waals surface area contributed by atoms with Crippen molar-refractivity contribution in [3.8, 4) is 0 Å². The molecule has 28 atom stereocenters. The van der Waals surface area contributed by atoms with E-state index in [1.54, 1.807) is 11.5 Å². The fraction of sp³-hybridized carbons (Fsp3) is 0.556. The van der Waals surface area contributed by atoms with E-state index in [1.807, 2.05) is 6.92 Å². The summed E-state index contributed by atoms with van der Waals surface area (Å²) >= 11 is 38.5. The molecule has 18 heterocycles. The monoisotopic (exact) mass is 2300 g/mol. The van der Waals surface area contributed by atoms with Gasteiger partial charge in [-0.25, -0.2) is 74.2 Å². The molecule has 792 valence electrons. The number of aromatic nitrogens is 22. The highest BCUT2D eigenvalue weighted by Gasteiger charge is 2.50. The number of imidazole rings is 4. The Morgan fingerprint density at radius 2 is 0.644 bits per heavy atom. The van der Waals surface area contributed by atoms with Crippen LogP contribution >= 0.6 is 47.1 Å². The molecule has 11 aromatic rings. The lowest BCUT2D eigenvalue weighted by atomic mass is 10.1. The molecule has 0 aliphatic carbocycles. The van der Waals surface area contributed by atoms with Crippen LogP contribution < -0.4 is 81.5 Å². The maximum absolute atomic E-state index is 15.1. The number of aryl methyl sites for hydroxylation is 3. The Hall–Kier alpha value is -7.16. The number of nitrogens with two attached hydrogens (primary N) is 6. The Labute approximate surface area is 858 Å². The van der Waals surface area contributed by atoms with Gasteiger partial charge in [0.15, 0.2) is 52.7 Å². The minimum Gasteiger partial charge on any atom is -0.780 e. The molecule has 7 fully saturated rings. The maximum Gasteiger partial charge on any atom is 0.351 e. The van der Waals surface area contributed by atoms with Gasteiger partial charge in [-0.15, -0.1) is 0 Å². The zero-order chi connectivity index (χ0) is 104. The Bertz CT molecular complexity index is 7400. The quantitative estimate of drug-likeness (QED) is 0.0177. The normalized spacial score (nSPS) is 29.5. The van der Waals surface area contributed by atoms with Gasteiger partial charge in [-0.3, -0.25) is 46.3 Å². The van der Waals surface area contributed by atoms with Crippen molar-refractivity contribution in [2.24, 2.45) is 0 Å². The van der Waals surface area contributed by atoms with Crippen LogP contribution in [0, 0.1) is 20.8 Å². The van der Waals surface area contributed by atoms with E-state index in [-0.39, 0.29) is 106 Å². The molecule has 74 heteroatoms. The SMILES string of the molecule is CC[C@H]1O[C@@H](n2cnc3c(N)ncnc32)C[C@H]1OP(O)(=S)OC[C@H]1O[C@@H](n2cnc3c(N)ncnc32)C[C@H]1OP(=O)([S-])OC[C@H]1O[C@@H](n2cnc3c(N)ncnc32)C[C@H]1OP([O-])(=S)OC[C@H]1O[C@@H](n2cc(C)c(N)nc2=O)C[C@H]1OP([O-])(=S)OC[C@H]1O[C@@H](n2cc(C)c(=O)[nH]c2=O)C[C@H]1OP([O-])(=S)OC[C@H]1O[C@@H](n2cc(C)c(N)nc2=O)C[C@H]1OP([O-])(=S)OC[C@H]1O[C@@H](n2cnc3c(N)ncnc32)C[C@H]1OP([O-])(=S)OC. The van der Waals surface area contributed by atoms with Crippen LogP contribution in [0.4, 0.5) is 34.9 Å². The standard InChI is InChI=1S/C72H95N28O32P7S7/c1-6-34-35(7-51(119-34)97-27-87-55-61(75)79-23-83-65(55)97)127-134(106,141)113-21-46-40(12-53(124-46)99-29-89-57-63(77)81-25-85-67(57)99)132-139(111,146)118-22-47-41(13-54(125-47)100-30-90-58-64(78)82-26-86-68(58)100)131-138(110,145)117-19-44-38(9-49(121-44)95-15-32(3)60(74)92-71(95)103)129-136(108,143)116-20-45-39(10-50(122-45)96-16-33(4)69(101)93-72(96)104)130-137(109,144)115-18-43-37(8-48(120-43)94-14-31(2)59(73)91-70(94)102)128-135(107,142)114-17-42-36(126-133(105,140)112-5)11-52(123-42)98-28-88-56-62(76)80-24-84-66(56)98/h14-16,23-30,34-54H,6-13,17-22H2,1-5H3,(H,105,140)(H,106,141)(H,107,142)(H,108,143)(H,109,144)(H,110,145)(H,111,146)(H2,73,91,102)(H2,74,92,103)(H2,75,79,83)(H2,76,80,84)(H2,77,81,85)(H2,78,82,86)(H,93,101,104)/p-6/t34-,35-,36-,37-,38-,39-,40-,41-,42-,43-,44-,45-,46-,47-,48-,49-,50-,51-,52-,53-,54-,133?,134?,135?,136?,137?,138?,139?/m1/s1. The highest BCUT2D eigenvalue weighted by atomic mass is 32.7. The third kappa shape index (κ3) is 24.5. The molecular formula is C72H89N28O32P7S7-6. The molecule has 0 bridgehead atoms. The molecule has 0 amide bonds. The van der Waals surface area contributed by atoms with Gasteiger partial charge < -0.3 is 173 Å². The van der Waals surface area contributed by atoms with E-state index in [4.69, 9.17) is 214 Å². The second-order valence-electron chi connectivity index (χ2n) is 33.9. The minimum absolute atomic E-state index is 0.0122. The Balaban J connectivity index is 0.555. The highest BCUT2D eigenvalue weighted by Crippen LogP contribution is 2.58. The average molecular weight is 2300 g/mol. The smallest absolute Gasteiger partial charge is 0.351 e. The van der Waals surface area contributed by atoms with Crippen molar-refractivity contribution in [3.05, 3.63) is 128 Å². The number of nitrogens with zero attached hydrogens (tertiary/aromatic N) is 21. The largest absolute Gasteiger partial charge is 0.780 e. The van der Waals surface area contributed by atoms with Gasteiger partial charge in [0.25, 0.3) is 5.56 Å². The average Bonchev–Trinajstić information content (AvgIpc) is 1.73. The summed E-state index contributed by atoms with van der Waals surface area (Å²) in [5.74, 6) is -0.0310. The number of nitrogens with one attached hydrogen (secondary N) is 1. The fourth-order valence-corrected chi connectivity index (χ4v) is 26.9. The van der Waals surface area contributed by atoms with Crippen LogP contribution in [0.25, 0.3) is 44.7 Å².